The van der Waals surface area contributed by atoms with Gasteiger partial charge in [0.25, 0.3) is 5.91 Å². The fraction of sp³-hybridized carbons (Fsp3) is 0.188. The van der Waals surface area contributed by atoms with Gasteiger partial charge in [-0.3, -0.25) is 4.79 Å². The molecule has 0 aromatic heterocycles. The summed E-state index contributed by atoms with van der Waals surface area (Å²) in [6.07, 6.45) is 1.89. The van der Waals surface area contributed by atoms with Crippen molar-refractivity contribution in [3.8, 4) is 0 Å². The summed E-state index contributed by atoms with van der Waals surface area (Å²) in [6.45, 7) is 0.659. The average molecular weight is 270 g/mol. The summed E-state index contributed by atoms with van der Waals surface area (Å²) in [5.74, 6) is -0.604. The summed E-state index contributed by atoms with van der Waals surface area (Å²) in [7, 11) is 0. The summed E-state index contributed by atoms with van der Waals surface area (Å²) in [5.41, 5.74) is 8.37. The van der Waals surface area contributed by atoms with Crippen LogP contribution in [0.15, 0.2) is 42.5 Å². The molecule has 4 heteroatoms. The number of aryl methyl sites for hydroxylation is 1. The highest BCUT2D eigenvalue weighted by Crippen LogP contribution is 2.29. The summed E-state index contributed by atoms with van der Waals surface area (Å²) in [4.78, 5) is 14.3. The van der Waals surface area contributed by atoms with Crippen LogP contribution in [-0.4, -0.2) is 12.5 Å². The molecule has 3 nitrogen and oxygen atoms in total. The van der Waals surface area contributed by atoms with Crippen LogP contribution in [0.5, 0.6) is 0 Å². The molecular formula is C16H15FN2O. The largest absolute Gasteiger partial charge is 0.398 e. The number of carbonyl (C=O) groups excluding carboxylic acids is 1. The van der Waals surface area contributed by atoms with E-state index in [1.807, 2.05) is 24.3 Å². The summed E-state index contributed by atoms with van der Waals surface area (Å²) >= 11 is 0. The lowest BCUT2D eigenvalue weighted by molar-refractivity contribution is 0.0986. The summed E-state index contributed by atoms with van der Waals surface area (Å²) in [6, 6.07) is 11.7. The van der Waals surface area contributed by atoms with Crippen LogP contribution in [0.4, 0.5) is 15.8 Å². The van der Waals surface area contributed by atoms with Gasteiger partial charge in [-0.05, 0) is 42.7 Å². The van der Waals surface area contributed by atoms with Gasteiger partial charge >= 0.3 is 0 Å². The van der Waals surface area contributed by atoms with Crippen molar-refractivity contribution in [2.24, 2.45) is 0 Å². The van der Waals surface area contributed by atoms with Gasteiger partial charge in [0.1, 0.15) is 5.82 Å². The monoisotopic (exact) mass is 270 g/mol. The second-order valence-corrected chi connectivity index (χ2v) is 4.92. The Morgan fingerprint density at radius 3 is 2.80 bits per heavy atom. The molecule has 2 N–H and O–H groups in total. The third-order valence-corrected chi connectivity index (χ3v) is 3.60. The second kappa shape index (κ2) is 4.96. The Morgan fingerprint density at radius 2 is 2.00 bits per heavy atom. The number of carbonyl (C=O) groups is 1. The Labute approximate surface area is 116 Å². The first-order chi connectivity index (χ1) is 9.66. The van der Waals surface area contributed by atoms with Crippen LogP contribution >= 0.6 is 0 Å². The number of nitrogens with two attached hydrogens (primary N) is 1. The van der Waals surface area contributed by atoms with E-state index < -0.39 is 5.82 Å². The lowest BCUT2D eigenvalue weighted by atomic mass is 10.0. The molecule has 3 rings (SSSR count). The van der Waals surface area contributed by atoms with Gasteiger partial charge in [-0.2, -0.15) is 0 Å². The molecule has 0 fully saturated rings. The molecule has 0 saturated carbocycles. The van der Waals surface area contributed by atoms with Gasteiger partial charge in [0.2, 0.25) is 0 Å². The van der Waals surface area contributed by atoms with E-state index in [4.69, 9.17) is 5.73 Å². The Balaban J connectivity index is 2.00. The number of rotatable bonds is 1. The number of hydrogen-bond acceptors (Lipinski definition) is 2. The molecule has 1 aliphatic heterocycles. The van der Waals surface area contributed by atoms with Crippen LogP contribution in [0.1, 0.15) is 22.3 Å². The van der Waals surface area contributed by atoms with E-state index in [1.54, 1.807) is 4.90 Å². The van der Waals surface area contributed by atoms with Crippen molar-refractivity contribution in [1.29, 1.82) is 0 Å². The first kappa shape index (κ1) is 12.7. The van der Waals surface area contributed by atoms with Gasteiger partial charge < -0.3 is 10.6 Å². The number of anilines is 2. The van der Waals surface area contributed by atoms with Crippen molar-refractivity contribution in [3.63, 3.8) is 0 Å². The zero-order chi connectivity index (χ0) is 14.1. The van der Waals surface area contributed by atoms with Crippen LogP contribution in [0.3, 0.4) is 0 Å². The minimum absolute atomic E-state index is 0.172. The zero-order valence-electron chi connectivity index (χ0n) is 11.0. The van der Waals surface area contributed by atoms with Gasteiger partial charge in [-0.25, -0.2) is 4.39 Å². The highest BCUT2D eigenvalue weighted by atomic mass is 19.1. The third-order valence-electron chi connectivity index (χ3n) is 3.60. The van der Waals surface area contributed by atoms with Crippen LogP contribution in [0.25, 0.3) is 0 Å². The maximum absolute atomic E-state index is 13.1. The molecule has 1 heterocycles. The van der Waals surface area contributed by atoms with E-state index in [9.17, 15) is 9.18 Å². The predicted octanol–water partition coefficient (Wildman–Crippen LogP) is 3.00. The van der Waals surface area contributed by atoms with Gasteiger partial charge in [-0.15, -0.1) is 0 Å². The average Bonchev–Trinajstić information content (AvgIpc) is 2.46. The quantitative estimate of drug-likeness (QED) is 0.810. The van der Waals surface area contributed by atoms with Crippen molar-refractivity contribution >= 4 is 17.3 Å². The topological polar surface area (TPSA) is 46.3 Å². The Kier molecular flexibility index (Phi) is 3.14. The van der Waals surface area contributed by atoms with Crippen molar-refractivity contribution in [2.75, 3.05) is 17.2 Å². The second-order valence-electron chi connectivity index (χ2n) is 4.92. The van der Waals surface area contributed by atoms with Crippen LogP contribution in [0.2, 0.25) is 0 Å². The van der Waals surface area contributed by atoms with E-state index >= 15 is 0 Å². The highest BCUT2D eigenvalue weighted by Gasteiger charge is 2.24. The van der Waals surface area contributed by atoms with Gasteiger partial charge in [0.15, 0.2) is 0 Å². The molecule has 0 radical (unpaired) electrons. The predicted molar refractivity (Wildman–Crippen MR) is 77.3 cm³/mol. The van der Waals surface area contributed by atoms with E-state index in [-0.39, 0.29) is 11.6 Å². The standard InChI is InChI=1S/C16H15FN2O/c17-12-7-8-13(14(18)10-12)16(20)19-9-3-5-11-4-1-2-6-15(11)19/h1-2,4,6-8,10H,3,5,9,18H2. The molecule has 20 heavy (non-hydrogen) atoms. The zero-order valence-corrected chi connectivity index (χ0v) is 11.0. The number of amides is 1. The molecule has 102 valence electrons. The molecule has 0 aliphatic carbocycles. The molecular weight excluding hydrogens is 255 g/mol. The van der Waals surface area contributed by atoms with Gasteiger partial charge in [-0.1, -0.05) is 18.2 Å². The van der Waals surface area contributed by atoms with E-state index in [2.05, 4.69) is 0 Å². The maximum Gasteiger partial charge on any atom is 0.260 e. The van der Waals surface area contributed by atoms with Crippen LogP contribution in [-0.2, 0) is 6.42 Å². The number of halogens is 1. The number of fused-ring (bicyclic) bond motifs is 1. The third kappa shape index (κ3) is 2.13. The maximum atomic E-state index is 13.1. The Hall–Kier alpha value is -2.36. The molecule has 0 atom stereocenters. The van der Waals surface area contributed by atoms with Crippen molar-refractivity contribution in [2.45, 2.75) is 12.8 Å². The minimum Gasteiger partial charge on any atom is -0.398 e. The Morgan fingerprint density at radius 1 is 1.20 bits per heavy atom. The number of benzene rings is 2. The first-order valence-electron chi connectivity index (χ1n) is 6.61. The molecule has 2 aromatic rings. The molecule has 0 spiro atoms. The van der Waals surface area contributed by atoms with E-state index in [0.717, 1.165) is 24.1 Å². The highest BCUT2D eigenvalue weighted by molar-refractivity contribution is 6.09. The lowest BCUT2D eigenvalue weighted by Crippen LogP contribution is -2.35. The van der Waals surface area contributed by atoms with Crippen LogP contribution in [0, 0.1) is 5.82 Å². The summed E-state index contributed by atoms with van der Waals surface area (Å²) in [5, 5.41) is 0. The van der Waals surface area contributed by atoms with E-state index in [1.165, 1.54) is 18.2 Å². The normalized spacial score (nSPS) is 13.9. The summed E-state index contributed by atoms with van der Waals surface area (Å²) < 4.78 is 13.1. The SMILES string of the molecule is Nc1cc(F)ccc1C(=O)N1CCCc2ccccc21. The van der Waals surface area contributed by atoms with Crippen LogP contribution < -0.4 is 10.6 Å². The molecule has 0 saturated heterocycles. The van der Waals surface area contributed by atoms with Gasteiger partial charge in [0.05, 0.1) is 5.56 Å². The number of hydrogen-bond donors (Lipinski definition) is 1. The number of para-hydroxylation sites is 1. The Bertz CT molecular complexity index is 669. The lowest BCUT2D eigenvalue weighted by Gasteiger charge is -2.29. The first-order valence-corrected chi connectivity index (χ1v) is 6.61. The van der Waals surface area contributed by atoms with E-state index in [0.29, 0.717) is 12.1 Å². The van der Waals surface area contributed by atoms with Crippen molar-refractivity contribution < 1.29 is 9.18 Å². The van der Waals surface area contributed by atoms with Crippen molar-refractivity contribution in [1.82, 2.24) is 0 Å². The molecule has 1 amide bonds. The van der Waals surface area contributed by atoms with Gasteiger partial charge in [0, 0.05) is 17.9 Å². The molecule has 0 unspecified atom stereocenters. The fourth-order valence-electron chi connectivity index (χ4n) is 2.62. The number of nitrogen functional groups attached to an aromatic ring is 1. The fourth-order valence-corrected chi connectivity index (χ4v) is 2.62. The molecule has 1 aliphatic rings. The number of nitrogens with zero attached hydrogens (tertiary/aromatic N) is 1. The minimum atomic E-state index is -0.432. The molecule has 0 bridgehead atoms. The smallest absolute Gasteiger partial charge is 0.260 e. The van der Waals surface area contributed by atoms with Crippen molar-refractivity contribution in [3.05, 3.63) is 59.4 Å². The molecule has 2 aromatic carbocycles.